The molecule has 0 saturated carbocycles. The number of hydrogen-bond acceptors (Lipinski definition) is 4. The van der Waals surface area contributed by atoms with Crippen LogP contribution in [0, 0.1) is 6.92 Å². The zero-order chi connectivity index (χ0) is 13.8. The summed E-state index contributed by atoms with van der Waals surface area (Å²) < 4.78 is 0. The summed E-state index contributed by atoms with van der Waals surface area (Å²) in [7, 11) is 0. The molecule has 1 N–H and O–H groups in total. The number of benzene rings is 1. The summed E-state index contributed by atoms with van der Waals surface area (Å²) >= 11 is 1.18. The van der Waals surface area contributed by atoms with E-state index in [-0.39, 0.29) is 4.88 Å². The van der Waals surface area contributed by atoms with Crippen LogP contribution in [0.2, 0.25) is 0 Å². The third-order valence-corrected chi connectivity index (χ3v) is 3.76. The molecule has 0 amide bonds. The molecular formula is C14H14N2O2S. The number of aryl methyl sites for hydroxylation is 1. The van der Waals surface area contributed by atoms with Crippen molar-refractivity contribution in [3.8, 4) is 0 Å². The molecule has 2 rings (SSSR count). The number of anilines is 2. The van der Waals surface area contributed by atoms with E-state index in [9.17, 15) is 4.79 Å². The summed E-state index contributed by atoms with van der Waals surface area (Å²) in [5.74, 6) is -0.937. The van der Waals surface area contributed by atoms with Gasteiger partial charge in [-0.1, -0.05) is 35.6 Å². The van der Waals surface area contributed by atoms with Crippen molar-refractivity contribution in [2.75, 3.05) is 11.4 Å². The second-order valence-corrected chi connectivity index (χ2v) is 4.93. The molecule has 4 nitrogen and oxygen atoms in total. The summed E-state index contributed by atoms with van der Waals surface area (Å²) in [5, 5.41) is 9.76. The first-order valence-corrected chi connectivity index (χ1v) is 6.59. The number of thiazole rings is 1. The summed E-state index contributed by atoms with van der Waals surface area (Å²) in [6.45, 7) is 6.02. The monoisotopic (exact) mass is 274 g/mol. The molecule has 1 heterocycles. The highest BCUT2D eigenvalue weighted by molar-refractivity contribution is 7.17. The van der Waals surface area contributed by atoms with Crippen LogP contribution in [0.15, 0.2) is 43.0 Å². The van der Waals surface area contributed by atoms with Crippen LogP contribution in [-0.4, -0.2) is 22.6 Å². The third-order valence-electron chi connectivity index (χ3n) is 2.59. The zero-order valence-corrected chi connectivity index (χ0v) is 11.4. The molecule has 0 fully saturated rings. The van der Waals surface area contributed by atoms with Gasteiger partial charge in [0.1, 0.15) is 4.88 Å². The Morgan fingerprint density at radius 1 is 1.47 bits per heavy atom. The van der Waals surface area contributed by atoms with Crippen molar-refractivity contribution in [2.24, 2.45) is 0 Å². The predicted octanol–water partition coefficient (Wildman–Crippen LogP) is 3.47. The van der Waals surface area contributed by atoms with Gasteiger partial charge in [0.15, 0.2) is 5.13 Å². The van der Waals surface area contributed by atoms with Gasteiger partial charge in [0.2, 0.25) is 0 Å². The van der Waals surface area contributed by atoms with Crippen molar-refractivity contribution >= 4 is 28.1 Å². The summed E-state index contributed by atoms with van der Waals surface area (Å²) in [6, 6.07) is 9.72. The van der Waals surface area contributed by atoms with Crippen molar-refractivity contribution in [3.63, 3.8) is 0 Å². The molecule has 5 heteroatoms. The van der Waals surface area contributed by atoms with Crippen LogP contribution in [0.4, 0.5) is 10.8 Å². The van der Waals surface area contributed by atoms with Gasteiger partial charge in [-0.3, -0.25) is 0 Å². The minimum absolute atomic E-state index is 0.278. The van der Waals surface area contributed by atoms with E-state index in [0.717, 1.165) is 5.69 Å². The van der Waals surface area contributed by atoms with E-state index in [4.69, 9.17) is 5.11 Å². The lowest BCUT2D eigenvalue weighted by Gasteiger charge is -2.19. The number of rotatable bonds is 5. The number of carbonyl (C=O) groups is 1. The van der Waals surface area contributed by atoms with Gasteiger partial charge in [-0.05, 0) is 19.1 Å². The van der Waals surface area contributed by atoms with Gasteiger partial charge in [0, 0.05) is 12.2 Å². The minimum Gasteiger partial charge on any atom is -0.477 e. The Morgan fingerprint density at radius 3 is 2.68 bits per heavy atom. The highest BCUT2D eigenvalue weighted by Gasteiger charge is 2.18. The average molecular weight is 274 g/mol. The van der Waals surface area contributed by atoms with Gasteiger partial charge in [0.25, 0.3) is 0 Å². The smallest absolute Gasteiger partial charge is 0.347 e. The van der Waals surface area contributed by atoms with E-state index >= 15 is 0 Å². The van der Waals surface area contributed by atoms with Crippen LogP contribution in [0.1, 0.15) is 15.4 Å². The lowest BCUT2D eigenvalue weighted by Crippen LogP contribution is -2.16. The maximum Gasteiger partial charge on any atom is 0.347 e. The molecule has 0 saturated heterocycles. The van der Waals surface area contributed by atoms with Crippen molar-refractivity contribution in [3.05, 3.63) is 53.6 Å². The van der Waals surface area contributed by atoms with Crippen LogP contribution < -0.4 is 4.90 Å². The molecule has 0 unspecified atom stereocenters. The number of para-hydroxylation sites is 1. The zero-order valence-electron chi connectivity index (χ0n) is 10.5. The Bertz CT molecular complexity index is 593. The predicted molar refractivity (Wildman–Crippen MR) is 77.5 cm³/mol. The number of hydrogen-bond donors (Lipinski definition) is 1. The first-order valence-electron chi connectivity index (χ1n) is 5.77. The van der Waals surface area contributed by atoms with Crippen LogP contribution in [0.25, 0.3) is 0 Å². The number of carboxylic acid groups (broad SMARTS) is 1. The summed E-state index contributed by atoms with van der Waals surface area (Å²) in [6.07, 6.45) is 1.77. The Morgan fingerprint density at radius 2 is 2.16 bits per heavy atom. The van der Waals surface area contributed by atoms with E-state index in [0.29, 0.717) is 17.4 Å². The van der Waals surface area contributed by atoms with Crippen molar-refractivity contribution in [2.45, 2.75) is 6.92 Å². The third kappa shape index (κ3) is 2.82. The Kier molecular flexibility index (Phi) is 3.97. The fraction of sp³-hybridized carbons (Fsp3) is 0.143. The maximum atomic E-state index is 11.1. The minimum atomic E-state index is -0.937. The fourth-order valence-electron chi connectivity index (χ4n) is 1.73. The average Bonchev–Trinajstić information content (AvgIpc) is 2.79. The van der Waals surface area contributed by atoms with Crippen LogP contribution in [-0.2, 0) is 0 Å². The van der Waals surface area contributed by atoms with E-state index in [1.165, 1.54) is 11.3 Å². The number of carboxylic acids is 1. The largest absolute Gasteiger partial charge is 0.477 e. The molecule has 1 aromatic heterocycles. The number of aromatic carboxylic acids is 1. The van der Waals surface area contributed by atoms with Gasteiger partial charge in [-0.25, -0.2) is 9.78 Å². The molecule has 2 aromatic rings. The maximum absolute atomic E-state index is 11.1. The van der Waals surface area contributed by atoms with Crippen molar-refractivity contribution in [1.29, 1.82) is 0 Å². The number of aromatic nitrogens is 1. The molecular weight excluding hydrogens is 260 g/mol. The summed E-state index contributed by atoms with van der Waals surface area (Å²) in [4.78, 5) is 17.6. The van der Waals surface area contributed by atoms with Crippen LogP contribution in [0.5, 0.6) is 0 Å². The van der Waals surface area contributed by atoms with Gasteiger partial charge < -0.3 is 10.0 Å². The molecule has 0 atom stereocenters. The van der Waals surface area contributed by atoms with Gasteiger partial charge >= 0.3 is 5.97 Å². The number of nitrogens with zero attached hydrogens (tertiary/aromatic N) is 2. The molecule has 0 radical (unpaired) electrons. The Balaban J connectivity index is 2.42. The molecule has 0 aliphatic carbocycles. The SMILES string of the molecule is C=CCN(c1ccccc1)c1nc(C)c(C(=O)O)s1. The van der Waals surface area contributed by atoms with Gasteiger partial charge in [0.05, 0.1) is 5.69 Å². The quantitative estimate of drug-likeness (QED) is 0.848. The topological polar surface area (TPSA) is 53.4 Å². The fourth-order valence-corrected chi connectivity index (χ4v) is 2.66. The van der Waals surface area contributed by atoms with E-state index in [2.05, 4.69) is 11.6 Å². The Labute approximate surface area is 115 Å². The van der Waals surface area contributed by atoms with Crippen LogP contribution >= 0.6 is 11.3 Å². The Hall–Kier alpha value is -2.14. The van der Waals surface area contributed by atoms with Crippen LogP contribution in [0.3, 0.4) is 0 Å². The van der Waals surface area contributed by atoms with Gasteiger partial charge in [-0.2, -0.15) is 0 Å². The molecule has 98 valence electrons. The van der Waals surface area contributed by atoms with Crippen molar-refractivity contribution < 1.29 is 9.90 Å². The van der Waals surface area contributed by atoms with E-state index in [1.807, 2.05) is 35.2 Å². The highest BCUT2D eigenvalue weighted by atomic mass is 32.1. The first-order chi connectivity index (χ1) is 9.13. The molecule has 0 spiro atoms. The second-order valence-electron chi connectivity index (χ2n) is 3.95. The summed E-state index contributed by atoms with van der Waals surface area (Å²) in [5.41, 5.74) is 1.51. The molecule has 0 aliphatic rings. The standard InChI is InChI=1S/C14H14N2O2S/c1-3-9-16(11-7-5-4-6-8-11)14-15-10(2)12(19-14)13(17)18/h3-8H,1,9H2,2H3,(H,17,18). The molecule has 0 bridgehead atoms. The van der Waals surface area contributed by atoms with E-state index < -0.39 is 5.97 Å². The normalized spacial score (nSPS) is 10.2. The van der Waals surface area contributed by atoms with E-state index in [1.54, 1.807) is 13.0 Å². The van der Waals surface area contributed by atoms with Crippen molar-refractivity contribution in [1.82, 2.24) is 4.98 Å². The molecule has 19 heavy (non-hydrogen) atoms. The molecule has 0 aliphatic heterocycles. The second kappa shape index (κ2) is 5.67. The highest BCUT2D eigenvalue weighted by Crippen LogP contribution is 2.31. The lowest BCUT2D eigenvalue weighted by atomic mass is 10.3. The molecule has 1 aromatic carbocycles. The first kappa shape index (κ1) is 13.3. The van der Waals surface area contributed by atoms with Gasteiger partial charge in [-0.15, -0.1) is 6.58 Å². The lowest BCUT2D eigenvalue weighted by molar-refractivity contribution is 0.0701.